The number of nitrogens with one attached hydrogen (secondary N) is 2. The normalized spacial score (nSPS) is 20.3. The largest absolute Gasteiger partial charge is 0.493 e. The summed E-state index contributed by atoms with van der Waals surface area (Å²) in [6, 6.07) is 6.35. The minimum Gasteiger partial charge on any atom is -0.493 e. The molecule has 0 unspecified atom stereocenters. The maximum Gasteiger partial charge on any atom is 0.407 e. The highest BCUT2D eigenvalue weighted by Gasteiger charge is 2.25. The third-order valence-electron chi connectivity index (χ3n) is 4.89. The van der Waals surface area contributed by atoms with Gasteiger partial charge in [-0.1, -0.05) is 6.07 Å². The number of nitrogens with zero attached hydrogens (tertiary/aromatic N) is 1. The van der Waals surface area contributed by atoms with Crippen LogP contribution in [0, 0.1) is 6.92 Å². The number of rotatable bonds is 3. The molecule has 1 aliphatic rings. The molecule has 0 radical (unpaired) electrons. The molecule has 1 aromatic carbocycles. The SMILES string of the molecule is Cc1cnc(O)c2cccc(NC3CCC(NC(=O)OC(C)(C)C)CC3)c12. The van der Waals surface area contributed by atoms with E-state index in [2.05, 4.69) is 15.6 Å². The van der Waals surface area contributed by atoms with E-state index in [1.165, 1.54) is 0 Å². The summed E-state index contributed by atoms with van der Waals surface area (Å²) in [6.07, 6.45) is 5.11. The molecule has 146 valence electrons. The number of alkyl carbamates (subject to hydrolysis) is 1. The summed E-state index contributed by atoms with van der Waals surface area (Å²) in [4.78, 5) is 16.0. The molecule has 0 saturated heterocycles. The molecular formula is C21H29N3O3. The van der Waals surface area contributed by atoms with Crippen molar-refractivity contribution in [2.45, 2.75) is 71.1 Å². The summed E-state index contributed by atoms with van der Waals surface area (Å²) in [6.45, 7) is 7.61. The monoisotopic (exact) mass is 371 g/mol. The van der Waals surface area contributed by atoms with Gasteiger partial charge in [0, 0.05) is 34.7 Å². The molecular weight excluding hydrogens is 342 g/mol. The number of ether oxygens (including phenoxy) is 1. The van der Waals surface area contributed by atoms with Crippen LogP contribution in [0.4, 0.5) is 10.5 Å². The quantitative estimate of drug-likeness (QED) is 0.740. The minimum atomic E-state index is -0.477. The van der Waals surface area contributed by atoms with E-state index in [1.54, 1.807) is 6.20 Å². The highest BCUT2D eigenvalue weighted by atomic mass is 16.6. The molecule has 0 bridgehead atoms. The second-order valence-electron chi connectivity index (χ2n) is 8.33. The number of hydrogen-bond donors (Lipinski definition) is 3. The number of fused-ring (bicyclic) bond motifs is 1. The van der Waals surface area contributed by atoms with E-state index < -0.39 is 5.60 Å². The van der Waals surface area contributed by atoms with Crippen LogP contribution in [0.2, 0.25) is 0 Å². The smallest absolute Gasteiger partial charge is 0.407 e. The number of amides is 1. The number of hydrogen-bond acceptors (Lipinski definition) is 5. The Kier molecular flexibility index (Phi) is 5.44. The van der Waals surface area contributed by atoms with Crippen LogP contribution in [-0.2, 0) is 4.74 Å². The van der Waals surface area contributed by atoms with E-state index in [4.69, 9.17) is 4.74 Å². The molecule has 27 heavy (non-hydrogen) atoms. The Morgan fingerprint density at radius 3 is 2.52 bits per heavy atom. The molecule has 1 fully saturated rings. The van der Waals surface area contributed by atoms with Gasteiger partial charge < -0.3 is 20.5 Å². The summed E-state index contributed by atoms with van der Waals surface area (Å²) in [5, 5.41) is 18.4. The van der Waals surface area contributed by atoms with Crippen molar-refractivity contribution in [1.29, 1.82) is 0 Å². The number of anilines is 1. The van der Waals surface area contributed by atoms with E-state index in [-0.39, 0.29) is 18.0 Å². The van der Waals surface area contributed by atoms with E-state index in [0.717, 1.165) is 47.7 Å². The molecule has 2 aromatic rings. The van der Waals surface area contributed by atoms with Crippen molar-refractivity contribution in [2.24, 2.45) is 0 Å². The van der Waals surface area contributed by atoms with Crippen LogP contribution in [-0.4, -0.2) is 33.9 Å². The van der Waals surface area contributed by atoms with Crippen LogP contribution >= 0.6 is 0 Å². The lowest BCUT2D eigenvalue weighted by molar-refractivity contribution is 0.0492. The number of aromatic hydroxyl groups is 1. The fraction of sp³-hybridized carbons (Fsp3) is 0.524. The van der Waals surface area contributed by atoms with Crippen molar-refractivity contribution in [2.75, 3.05) is 5.32 Å². The van der Waals surface area contributed by atoms with Gasteiger partial charge in [0.25, 0.3) is 0 Å². The summed E-state index contributed by atoms with van der Waals surface area (Å²) >= 11 is 0. The molecule has 1 heterocycles. The van der Waals surface area contributed by atoms with E-state index in [1.807, 2.05) is 45.9 Å². The molecule has 0 atom stereocenters. The molecule has 0 spiro atoms. The average molecular weight is 371 g/mol. The maximum absolute atomic E-state index is 11.9. The first-order valence-corrected chi connectivity index (χ1v) is 9.56. The lowest BCUT2D eigenvalue weighted by atomic mass is 9.91. The van der Waals surface area contributed by atoms with E-state index in [0.29, 0.717) is 6.04 Å². The fourth-order valence-corrected chi connectivity index (χ4v) is 3.65. The predicted octanol–water partition coefficient (Wildman–Crippen LogP) is 4.50. The van der Waals surface area contributed by atoms with Crippen LogP contribution in [0.15, 0.2) is 24.4 Å². The van der Waals surface area contributed by atoms with E-state index in [9.17, 15) is 9.90 Å². The fourth-order valence-electron chi connectivity index (χ4n) is 3.65. The average Bonchev–Trinajstić information content (AvgIpc) is 2.58. The highest BCUT2D eigenvalue weighted by Crippen LogP contribution is 2.33. The molecule has 1 aromatic heterocycles. The van der Waals surface area contributed by atoms with Crippen LogP contribution < -0.4 is 10.6 Å². The number of benzene rings is 1. The zero-order valence-electron chi connectivity index (χ0n) is 16.5. The summed E-state index contributed by atoms with van der Waals surface area (Å²) in [5.41, 5.74) is 1.58. The van der Waals surface area contributed by atoms with Crippen LogP contribution in [0.25, 0.3) is 10.8 Å². The predicted molar refractivity (Wildman–Crippen MR) is 107 cm³/mol. The molecule has 1 amide bonds. The Bertz CT molecular complexity index is 821. The first kappa shape index (κ1) is 19.3. The Labute approximate surface area is 160 Å². The number of carbonyl (C=O) groups is 1. The van der Waals surface area contributed by atoms with Gasteiger partial charge >= 0.3 is 6.09 Å². The molecule has 6 nitrogen and oxygen atoms in total. The zero-order chi connectivity index (χ0) is 19.6. The Morgan fingerprint density at radius 1 is 1.19 bits per heavy atom. The second-order valence-corrected chi connectivity index (χ2v) is 8.33. The first-order valence-electron chi connectivity index (χ1n) is 9.56. The van der Waals surface area contributed by atoms with Gasteiger partial charge in [0.15, 0.2) is 0 Å². The summed E-state index contributed by atoms with van der Waals surface area (Å²) < 4.78 is 5.34. The zero-order valence-corrected chi connectivity index (χ0v) is 16.5. The first-order chi connectivity index (χ1) is 12.7. The summed E-state index contributed by atoms with van der Waals surface area (Å²) in [7, 11) is 0. The van der Waals surface area contributed by atoms with Crippen molar-refractivity contribution in [3.63, 3.8) is 0 Å². The third kappa shape index (κ3) is 4.81. The second kappa shape index (κ2) is 7.62. The van der Waals surface area contributed by atoms with Crippen molar-refractivity contribution >= 4 is 22.6 Å². The van der Waals surface area contributed by atoms with E-state index >= 15 is 0 Å². The standard InChI is InChI=1S/C21H29N3O3/c1-13-12-22-19(25)16-6-5-7-17(18(13)16)23-14-8-10-15(11-9-14)24-20(26)27-21(2,3)4/h5-7,12,14-15,23H,8-11H2,1-4H3,(H,22,25)(H,24,26). The van der Waals surface area contributed by atoms with Gasteiger partial charge in [-0.2, -0.15) is 0 Å². The van der Waals surface area contributed by atoms with Gasteiger partial charge in [-0.05, 0) is 71.1 Å². The molecule has 3 N–H and O–H groups in total. The molecule has 3 rings (SSSR count). The Balaban J connectivity index is 1.61. The molecule has 0 aliphatic heterocycles. The number of aryl methyl sites for hydroxylation is 1. The van der Waals surface area contributed by atoms with Gasteiger partial charge in [-0.3, -0.25) is 0 Å². The lowest BCUT2D eigenvalue weighted by Gasteiger charge is -2.31. The Morgan fingerprint density at radius 2 is 1.85 bits per heavy atom. The van der Waals surface area contributed by atoms with Crippen molar-refractivity contribution in [3.8, 4) is 5.88 Å². The maximum atomic E-state index is 11.9. The Hall–Kier alpha value is -2.50. The van der Waals surface area contributed by atoms with Crippen molar-refractivity contribution in [3.05, 3.63) is 30.0 Å². The molecule has 1 saturated carbocycles. The van der Waals surface area contributed by atoms with Gasteiger partial charge in [0.1, 0.15) is 5.60 Å². The van der Waals surface area contributed by atoms with Crippen molar-refractivity contribution < 1.29 is 14.6 Å². The molecule has 6 heteroatoms. The lowest BCUT2D eigenvalue weighted by Crippen LogP contribution is -2.42. The van der Waals surface area contributed by atoms with Gasteiger partial charge in [-0.15, -0.1) is 0 Å². The minimum absolute atomic E-state index is 0.0597. The van der Waals surface area contributed by atoms with Crippen molar-refractivity contribution in [1.82, 2.24) is 10.3 Å². The van der Waals surface area contributed by atoms with Crippen LogP contribution in [0.1, 0.15) is 52.0 Å². The summed E-state index contributed by atoms with van der Waals surface area (Å²) in [5.74, 6) is 0.0597. The van der Waals surface area contributed by atoms with Gasteiger partial charge in [0.2, 0.25) is 5.88 Å². The topological polar surface area (TPSA) is 83.5 Å². The van der Waals surface area contributed by atoms with Crippen LogP contribution in [0.3, 0.4) is 0 Å². The highest BCUT2D eigenvalue weighted by molar-refractivity contribution is 5.98. The molecule has 1 aliphatic carbocycles. The number of carbonyl (C=O) groups excluding carboxylic acids is 1. The van der Waals surface area contributed by atoms with Gasteiger partial charge in [-0.25, -0.2) is 9.78 Å². The number of pyridine rings is 1. The number of aromatic nitrogens is 1. The van der Waals surface area contributed by atoms with Gasteiger partial charge in [0.05, 0.1) is 0 Å². The third-order valence-corrected chi connectivity index (χ3v) is 4.89. The van der Waals surface area contributed by atoms with Crippen LogP contribution in [0.5, 0.6) is 5.88 Å².